The molecule has 1 atom stereocenters. The maximum Gasteiger partial charge on any atom is 0.127 e. The van der Waals surface area contributed by atoms with E-state index in [0.29, 0.717) is 0 Å². The van der Waals surface area contributed by atoms with Crippen LogP contribution in [0.1, 0.15) is 35.7 Å². The lowest BCUT2D eigenvalue weighted by atomic mass is 10.0. The molecule has 2 nitrogen and oxygen atoms in total. The van der Waals surface area contributed by atoms with Crippen molar-refractivity contribution in [3.05, 3.63) is 51.7 Å². The van der Waals surface area contributed by atoms with E-state index in [-0.39, 0.29) is 11.9 Å². The van der Waals surface area contributed by atoms with Crippen LogP contribution in [0.4, 0.5) is 4.39 Å². The average Bonchev–Trinajstić information content (AvgIpc) is 2.82. The Labute approximate surface area is 117 Å². The van der Waals surface area contributed by atoms with Gasteiger partial charge >= 0.3 is 0 Å². The molecule has 0 radical (unpaired) electrons. The van der Waals surface area contributed by atoms with Gasteiger partial charge in [0.25, 0.3) is 0 Å². The van der Waals surface area contributed by atoms with Gasteiger partial charge in [-0.3, -0.25) is 0 Å². The van der Waals surface area contributed by atoms with E-state index in [1.54, 1.807) is 17.4 Å². The summed E-state index contributed by atoms with van der Waals surface area (Å²) in [4.78, 5) is 4.43. The Kier molecular flexibility index (Phi) is 5.05. The number of nitrogens with zero attached hydrogens (tertiary/aromatic N) is 1. The monoisotopic (exact) mass is 278 g/mol. The number of hydrogen-bond donors (Lipinski definition) is 1. The normalized spacial score (nSPS) is 12.6. The molecule has 2 rings (SSSR count). The van der Waals surface area contributed by atoms with Crippen molar-refractivity contribution in [2.75, 3.05) is 6.54 Å². The van der Waals surface area contributed by atoms with Crippen LogP contribution >= 0.6 is 11.3 Å². The van der Waals surface area contributed by atoms with Crippen molar-refractivity contribution in [2.24, 2.45) is 0 Å². The minimum atomic E-state index is -0.132. The predicted molar refractivity (Wildman–Crippen MR) is 78.0 cm³/mol. The Balaban J connectivity index is 1.91. The molecule has 19 heavy (non-hydrogen) atoms. The number of thiazole rings is 1. The Morgan fingerprint density at radius 3 is 2.79 bits per heavy atom. The lowest BCUT2D eigenvalue weighted by Crippen LogP contribution is -2.24. The number of halogens is 1. The van der Waals surface area contributed by atoms with Crippen molar-refractivity contribution >= 4 is 11.3 Å². The molecule has 1 aromatic carbocycles. The molecule has 0 spiro atoms. The average molecular weight is 278 g/mol. The lowest BCUT2D eigenvalue weighted by molar-refractivity contribution is 0.491. The first-order chi connectivity index (χ1) is 9.20. The zero-order chi connectivity index (χ0) is 13.7. The SMILES string of the molecule is CCC(NCCc1nc(C)cs1)c1ccccc1F. The van der Waals surface area contributed by atoms with Gasteiger partial charge in [-0.15, -0.1) is 11.3 Å². The largest absolute Gasteiger partial charge is 0.309 e. The number of nitrogens with one attached hydrogen (secondary N) is 1. The van der Waals surface area contributed by atoms with Crippen LogP contribution in [0, 0.1) is 12.7 Å². The summed E-state index contributed by atoms with van der Waals surface area (Å²) >= 11 is 1.68. The van der Waals surface area contributed by atoms with Gasteiger partial charge in [0.1, 0.15) is 5.82 Å². The first-order valence-electron chi connectivity index (χ1n) is 6.59. The fraction of sp³-hybridized carbons (Fsp3) is 0.400. The highest BCUT2D eigenvalue weighted by molar-refractivity contribution is 7.09. The number of aryl methyl sites for hydroxylation is 1. The lowest BCUT2D eigenvalue weighted by Gasteiger charge is -2.17. The second kappa shape index (κ2) is 6.78. The summed E-state index contributed by atoms with van der Waals surface area (Å²) in [5.41, 5.74) is 1.82. The Morgan fingerprint density at radius 1 is 1.37 bits per heavy atom. The van der Waals surface area contributed by atoms with Crippen LogP contribution in [0.15, 0.2) is 29.6 Å². The van der Waals surface area contributed by atoms with Crippen LogP contribution in [-0.4, -0.2) is 11.5 Å². The number of aromatic nitrogens is 1. The molecule has 0 amide bonds. The molecule has 0 aliphatic rings. The summed E-state index contributed by atoms with van der Waals surface area (Å²) in [5, 5.41) is 6.60. The summed E-state index contributed by atoms with van der Waals surface area (Å²) in [6, 6.07) is 7.05. The third-order valence-electron chi connectivity index (χ3n) is 3.09. The van der Waals surface area contributed by atoms with Crippen molar-refractivity contribution < 1.29 is 4.39 Å². The van der Waals surface area contributed by atoms with Crippen LogP contribution < -0.4 is 5.32 Å². The smallest absolute Gasteiger partial charge is 0.127 e. The molecule has 102 valence electrons. The van der Waals surface area contributed by atoms with Gasteiger partial charge in [-0.1, -0.05) is 25.1 Å². The maximum absolute atomic E-state index is 13.7. The van der Waals surface area contributed by atoms with Gasteiger partial charge in [0.05, 0.1) is 5.01 Å². The van der Waals surface area contributed by atoms with E-state index in [4.69, 9.17) is 0 Å². The van der Waals surface area contributed by atoms with E-state index in [9.17, 15) is 4.39 Å². The summed E-state index contributed by atoms with van der Waals surface area (Å²) in [6.07, 6.45) is 1.77. The molecular weight excluding hydrogens is 259 g/mol. The Bertz CT molecular complexity index is 524. The van der Waals surface area contributed by atoms with E-state index >= 15 is 0 Å². The van der Waals surface area contributed by atoms with Gasteiger partial charge in [0, 0.05) is 35.6 Å². The molecule has 0 bridgehead atoms. The molecule has 1 heterocycles. The minimum Gasteiger partial charge on any atom is -0.309 e. The van der Waals surface area contributed by atoms with E-state index in [1.807, 2.05) is 19.1 Å². The molecule has 0 fully saturated rings. The van der Waals surface area contributed by atoms with Crippen molar-refractivity contribution in [1.82, 2.24) is 10.3 Å². The molecule has 0 saturated carbocycles. The third kappa shape index (κ3) is 3.85. The Hall–Kier alpha value is -1.26. The van der Waals surface area contributed by atoms with Crippen LogP contribution in [0.5, 0.6) is 0 Å². The molecule has 1 unspecified atom stereocenters. The van der Waals surface area contributed by atoms with Crippen molar-refractivity contribution in [3.8, 4) is 0 Å². The number of hydrogen-bond acceptors (Lipinski definition) is 3. The van der Waals surface area contributed by atoms with Crippen LogP contribution in [0.2, 0.25) is 0 Å². The standard InChI is InChI=1S/C15H19FN2S/c1-3-14(12-6-4-5-7-13(12)16)17-9-8-15-18-11(2)10-19-15/h4-7,10,14,17H,3,8-9H2,1-2H3. The molecule has 2 aromatic rings. The molecule has 0 aliphatic carbocycles. The summed E-state index contributed by atoms with van der Waals surface area (Å²) in [7, 11) is 0. The fourth-order valence-electron chi connectivity index (χ4n) is 2.10. The quantitative estimate of drug-likeness (QED) is 0.867. The van der Waals surface area contributed by atoms with Crippen molar-refractivity contribution in [2.45, 2.75) is 32.7 Å². The molecule has 0 aliphatic heterocycles. The van der Waals surface area contributed by atoms with E-state index in [0.717, 1.165) is 35.7 Å². The predicted octanol–water partition coefficient (Wildman–Crippen LogP) is 3.87. The first kappa shape index (κ1) is 14.2. The van der Waals surface area contributed by atoms with Gasteiger partial charge in [0.15, 0.2) is 0 Å². The summed E-state index contributed by atoms with van der Waals surface area (Å²) in [6.45, 7) is 4.89. The molecular formula is C15H19FN2S. The summed E-state index contributed by atoms with van der Waals surface area (Å²) < 4.78 is 13.7. The molecule has 1 N–H and O–H groups in total. The van der Waals surface area contributed by atoms with Gasteiger partial charge < -0.3 is 5.32 Å². The fourth-order valence-corrected chi connectivity index (χ4v) is 2.88. The number of benzene rings is 1. The third-order valence-corrected chi connectivity index (χ3v) is 4.11. The van der Waals surface area contributed by atoms with Gasteiger partial charge in [-0.25, -0.2) is 9.37 Å². The highest BCUT2D eigenvalue weighted by Gasteiger charge is 2.12. The Morgan fingerprint density at radius 2 is 2.16 bits per heavy atom. The second-order valence-electron chi connectivity index (χ2n) is 4.57. The topological polar surface area (TPSA) is 24.9 Å². The second-order valence-corrected chi connectivity index (χ2v) is 5.51. The zero-order valence-corrected chi connectivity index (χ0v) is 12.1. The number of rotatable bonds is 6. The molecule has 1 aromatic heterocycles. The van der Waals surface area contributed by atoms with Crippen LogP contribution in [0.3, 0.4) is 0 Å². The van der Waals surface area contributed by atoms with Crippen molar-refractivity contribution in [3.63, 3.8) is 0 Å². The van der Waals surface area contributed by atoms with E-state index in [2.05, 4.69) is 22.6 Å². The van der Waals surface area contributed by atoms with E-state index in [1.165, 1.54) is 6.07 Å². The maximum atomic E-state index is 13.7. The van der Waals surface area contributed by atoms with Gasteiger partial charge in [0.2, 0.25) is 0 Å². The highest BCUT2D eigenvalue weighted by atomic mass is 32.1. The summed E-state index contributed by atoms with van der Waals surface area (Å²) in [5.74, 6) is -0.132. The van der Waals surface area contributed by atoms with E-state index < -0.39 is 0 Å². The van der Waals surface area contributed by atoms with Gasteiger partial charge in [-0.05, 0) is 19.4 Å². The molecule has 0 saturated heterocycles. The van der Waals surface area contributed by atoms with Crippen LogP contribution in [0.25, 0.3) is 0 Å². The molecule has 4 heteroatoms. The zero-order valence-electron chi connectivity index (χ0n) is 11.3. The van der Waals surface area contributed by atoms with Crippen molar-refractivity contribution in [1.29, 1.82) is 0 Å². The highest BCUT2D eigenvalue weighted by Crippen LogP contribution is 2.19. The first-order valence-corrected chi connectivity index (χ1v) is 7.47. The van der Waals surface area contributed by atoms with Crippen LogP contribution in [-0.2, 0) is 6.42 Å². The minimum absolute atomic E-state index is 0.0715. The van der Waals surface area contributed by atoms with Gasteiger partial charge in [-0.2, -0.15) is 0 Å².